The maximum atomic E-state index is 14.0. The average molecular weight is 644 g/mol. The Morgan fingerprint density at radius 3 is 1.98 bits per heavy atom. The topological polar surface area (TPSA) is 108 Å². The lowest BCUT2D eigenvalue weighted by Crippen LogP contribution is -2.64. The van der Waals surface area contributed by atoms with Gasteiger partial charge in [0, 0.05) is 49.7 Å². The van der Waals surface area contributed by atoms with Gasteiger partial charge < -0.3 is 21.3 Å². The van der Waals surface area contributed by atoms with Crippen molar-refractivity contribution in [3.8, 4) is 0 Å². The molecule has 0 bridgehead atoms. The van der Waals surface area contributed by atoms with Gasteiger partial charge in [-0.15, -0.1) is 0 Å². The van der Waals surface area contributed by atoms with E-state index < -0.39 is 12.1 Å². The number of nitrogens with one attached hydrogen (secondary N) is 2. The molecule has 2 atom stereocenters. The molecule has 3 amide bonds. The summed E-state index contributed by atoms with van der Waals surface area (Å²) in [4.78, 5) is 44.5. The number of halogens is 1. The number of piperazine rings is 1. The molecule has 9 heteroatoms. The molecular weight excluding hydrogens is 598 g/mol. The Balaban J connectivity index is 1.22. The molecule has 2 unspecified atom stereocenters. The highest BCUT2D eigenvalue weighted by molar-refractivity contribution is 6.30. The third-order valence-corrected chi connectivity index (χ3v) is 9.72. The predicted octanol–water partition coefficient (Wildman–Crippen LogP) is 4.14. The van der Waals surface area contributed by atoms with E-state index in [-0.39, 0.29) is 23.3 Å². The molecule has 2 aliphatic rings. The fourth-order valence-corrected chi connectivity index (χ4v) is 6.96. The van der Waals surface area contributed by atoms with E-state index in [2.05, 4.69) is 15.5 Å². The van der Waals surface area contributed by atoms with Crippen LogP contribution < -0.4 is 16.4 Å². The molecule has 1 heterocycles. The van der Waals surface area contributed by atoms with Gasteiger partial charge in [0.25, 0.3) is 0 Å². The van der Waals surface area contributed by atoms with Crippen LogP contribution in [-0.2, 0) is 33.6 Å². The summed E-state index contributed by atoms with van der Waals surface area (Å²) in [5, 5.41) is 6.84. The lowest BCUT2D eigenvalue weighted by molar-refractivity contribution is -0.139. The van der Waals surface area contributed by atoms with Crippen LogP contribution in [-0.4, -0.2) is 77.9 Å². The van der Waals surface area contributed by atoms with Crippen LogP contribution in [0.1, 0.15) is 48.8 Å². The Hall–Kier alpha value is -3.72. The van der Waals surface area contributed by atoms with Gasteiger partial charge in [-0.1, -0.05) is 104 Å². The van der Waals surface area contributed by atoms with E-state index in [9.17, 15) is 14.4 Å². The first-order valence-corrected chi connectivity index (χ1v) is 16.9. The first kappa shape index (κ1) is 33.6. The highest BCUT2D eigenvalue weighted by atomic mass is 35.5. The molecule has 0 spiro atoms. The number of benzene rings is 3. The molecule has 3 aromatic carbocycles. The molecular formula is C37H46ClN5O3. The molecule has 46 heavy (non-hydrogen) atoms. The predicted molar refractivity (Wildman–Crippen MR) is 182 cm³/mol. The second-order valence-corrected chi connectivity index (χ2v) is 13.2. The van der Waals surface area contributed by atoms with Crippen molar-refractivity contribution in [1.29, 1.82) is 0 Å². The third-order valence-electron chi connectivity index (χ3n) is 9.47. The van der Waals surface area contributed by atoms with Gasteiger partial charge in [0.1, 0.15) is 6.04 Å². The Labute approximate surface area is 277 Å². The second kappa shape index (κ2) is 16.2. The zero-order chi connectivity index (χ0) is 32.4. The minimum atomic E-state index is -0.775. The molecule has 1 aliphatic carbocycles. The maximum Gasteiger partial charge on any atom is 0.245 e. The standard InChI is InChI=1S/C37H46ClN5O3/c38-31-16-14-30(15-17-31)25-33(41-35(45)32(39)24-28-10-4-1-5-11-28)36(46)42-20-22-43(23-21-42)37(18-8-3-9-19-37)27-40-34(44)26-29-12-6-2-7-13-29/h1-2,4-7,10-17,32-33H,3,8-9,18-27,39H2,(H,40,44)(H,41,45). The number of nitrogens with zero attached hydrogens (tertiary/aromatic N) is 2. The largest absolute Gasteiger partial charge is 0.354 e. The van der Waals surface area contributed by atoms with Crippen molar-refractivity contribution in [3.63, 3.8) is 0 Å². The fraction of sp³-hybridized carbons (Fsp3) is 0.432. The Bertz CT molecular complexity index is 1420. The van der Waals surface area contributed by atoms with E-state index in [1.807, 2.05) is 77.7 Å². The van der Waals surface area contributed by atoms with Crippen LogP contribution in [0, 0.1) is 0 Å². The molecule has 2 fully saturated rings. The minimum Gasteiger partial charge on any atom is -0.354 e. The molecule has 5 rings (SSSR count). The first-order chi connectivity index (χ1) is 22.3. The number of amides is 3. The van der Waals surface area contributed by atoms with Crippen LogP contribution >= 0.6 is 11.6 Å². The maximum absolute atomic E-state index is 14.0. The van der Waals surface area contributed by atoms with E-state index >= 15 is 0 Å². The first-order valence-electron chi connectivity index (χ1n) is 16.5. The van der Waals surface area contributed by atoms with Gasteiger partial charge in [-0.25, -0.2) is 0 Å². The molecule has 0 radical (unpaired) electrons. The van der Waals surface area contributed by atoms with E-state index in [1.54, 1.807) is 12.1 Å². The number of nitrogens with two attached hydrogens (primary N) is 1. The molecule has 3 aromatic rings. The van der Waals surface area contributed by atoms with Gasteiger partial charge in [-0.3, -0.25) is 19.3 Å². The number of hydrogen-bond donors (Lipinski definition) is 3. The fourth-order valence-electron chi connectivity index (χ4n) is 6.84. The normalized spacial score (nSPS) is 17.9. The molecule has 1 saturated carbocycles. The molecule has 1 saturated heterocycles. The lowest BCUT2D eigenvalue weighted by atomic mass is 9.79. The number of hydrogen-bond acceptors (Lipinski definition) is 5. The highest BCUT2D eigenvalue weighted by Crippen LogP contribution is 2.34. The van der Waals surface area contributed by atoms with Crippen molar-refractivity contribution in [2.24, 2.45) is 5.73 Å². The van der Waals surface area contributed by atoms with Crippen LogP contribution in [0.2, 0.25) is 5.02 Å². The van der Waals surface area contributed by atoms with Crippen LogP contribution in [0.4, 0.5) is 0 Å². The Morgan fingerprint density at radius 2 is 1.35 bits per heavy atom. The average Bonchev–Trinajstić information content (AvgIpc) is 3.09. The summed E-state index contributed by atoms with van der Waals surface area (Å²) in [5.74, 6) is -0.415. The van der Waals surface area contributed by atoms with E-state index in [0.717, 1.165) is 55.5 Å². The van der Waals surface area contributed by atoms with Gasteiger partial charge >= 0.3 is 0 Å². The van der Waals surface area contributed by atoms with Crippen molar-refractivity contribution in [3.05, 3.63) is 107 Å². The number of rotatable bonds is 12. The molecule has 4 N–H and O–H groups in total. The highest BCUT2D eigenvalue weighted by Gasteiger charge is 2.41. The summed E-state index contributed by atoms with van der Waals surface area (Å²) in [5.41, 5.74) is 9.08. The molecule has 244 valence electrons. The van der Waals surface area contributed by atoms with Crippen molar-refractivity contribution in [1.82, 2.24) is 20.4 Å². The second-order valence-electron chi connectivity index (χ2n) is 12.7. The zero-order valence-corrected chi connectivity index (χ0v) is 27.3. The van der Waals surface area contributed by atoms with Crippen molar-refractivity contribution >= 4 is 29.3 Å². The summed E-state index contributed by atoms with van der Waals surface area (Å²) in [6, 6.07) is 25.3. The van der Waals surface area contributed by atoms with E-state index in [0.29, 0.717) is 43.9 Å². The van der Waals surface area contributed by atoms with Crippen LogP contribution in [0.5, 0.6) is 0 Å². The molecule has 8 nitrogen and oxygen atoms in total. The van der Waals surface area contributed by atoms with Crippen LogP contribution in [0.3, 0.4) is 0 Å². The quantitative estimate of drug-likeness (QED) is 0.275. The Kier molecular flexibility index (Phi) is 11.9. The van der Waals surface area contributed by atoms with Crippen molar-refractivity contribution in [2.45, 2.75) is 69.0 Å². The number of carbonyl (C=O) groups excluding carboxylic acids is 3. The SMILES string of the molecule is NC(Cc1ccccc1)C(=O)NC(Cc1ccc(Cl)cc1)C(=O)N1CCN(C2(CNC(=O)Cc3ccccc3)CCCCC2)CC1. The smallest absolute Gasteiger partial charge is 0.245 e. The molecule has 0 aromatic heterocycles. The van der Waals surface area contributed by atoms with Gasteiger partial charge in [0.2, 0.25) is 17.7 Å². The third kappa shape index (κ3) is 9.18. The van der Waals surface area contributed by atoms with Gasteiger partial charge in [-0.05, 0) is 48.1 Å². The summed E-state index contributed by atoms with van der Waals surface area (Å²) >= 11 is 6.11. The van der Waals surface area contributed by atoms with E-state index in [4.69, 9.17) is 17.3 Å². The monoisotopic (exact) mass is 643 g/mol. The number of carbonyl (C=O) groups is 3. The summed E-state index contributed by atoms with van der Waals surface area (Å²) in [6.07, 6.45) is 6.63. The van der Waals surface area contributed by atoms with Gasteiger partial charge in [-0.2, -0.15) is 0 Å². The summed E-state index contributed by atoms with van der Waals surface area (Å²) in [7, 11) is 0. The van der Waals surface area contributed by atoms with Crippen LogP contribution in [0.15, 0.2) is 84.9 Å². The summed E-state index contributed by atoms with van der Waals surface area (Å²) < 4.78 is 0. The molecule has 1 aliphatic heterocycles. The summed E-state index contributed by atoms with van der Waals surface area (Å²) in [6.45, 7) is 3.16. The van der Waals surface area contributed by atoms with Gasteiger partial charge in [0.05, 0.1) is 12.5 Å². The van der Waals surface area contributed by atoms with Crippen LogP contribution in [0.25, 0.3) is 0 Å². The minimum absolute atomic E-state index is 0.0382. The van der Waals surface area contributed by atoms with Crippen molar-refractivity contribution in [2.75, 3.05) is 32.7 Å². The lowest BCUT2D eigenvalue weighted by Gasteiger charge is -2.50. The van der Waals surface area contributed by atoms with E-state index in [1.165, 1.54) is 6.42 Å². The Morgan fingerprint density at radius 1 is 0.761 bits per heavy atom. The van der Waals surface area contributed by atoms with Gasteiger partial charge in [0.15, 0.2) is 0 Å². The zero-order valence-electron chi connectivity index (χ0n) is 26.5. The van der Waals surface area contributed by atoms with Crippen molar-refractivity contribution < 1.29 is 14.4 Å².